The predicted molar refractivity (Wildman–Crippen MR) is 87.0 cm³/mol. The highest BCUT2D eigenvalue weighted by atomic mass is 19.4. The lowest BCUT2D eigenvalue weighted by molar-refractivity contribution is -0.137. The van der Waals surface area contributed by atoms with Crippen LogP contribution in [0.25, 0.3) is 16.5 Å². The molecular weight excluding hydrogens is 327 g/mol. The molecule has 1 heterocycles. The Morgan fingerprint density at radius 3 is 2.16 bits per heavy atom. The van der Waals surface area contributed by atoms with Crippen molar-refractivity contribution in [1.29, 1.82) is 10.5 Å². The third-order valence-corrected chi connectivity index (χ3v) is 3.83. The summed E-state index contributed by atoms with van der Waals surface area (Å²) >= 11 is 0. The monoisotopic (exact) mass is 337 g/mol. The molecule has 0 spiro atoms. The number of fused-ring (bicyclic) bond motifs is 1. The molecular formula is C19H10F3N3. The van der Waals surface area contributed by atoms with Crippen LogP contribution in [0.15, 0.2) is 60.3 Å². The molecule has 2 aromatic carbocycles. The molecule has 0 aliphatic heterocycles. The van der Waals surface area contributed by atoms with Crippen LogP contribution in [-0.2, 0) is 6.18 Å². The van der Waals surface area contributed by atoms with E-state index in [1.807, 2.05) is 36.4 Å². The predicted octanol–water partition coefficient (Wildman–Crippen LogP) is 5.04. The third kappa shape index (κ3) is 2.98. The standard InChI is InChI=1S/C19H10F3N3/c20-19(21,22)14-7-5-12(6-8-14)18(13(9-23)10-24)16-11-25-17-4-2-1-3-15(16)17/h1-8,11,25H. The van der Waals surface area contributed by atoms with Crippen LogP contribution in [0, 0.1) is 22.7 Å². The molecule has 0 atom stereocenters. The van der Waals surface area contributed by atoms with Gasteiger partial charge in [-0.3, -0.25) is 0 Å². The first-order valence-corrected chi connectivity index (χ1v) is 7.24. The molecule has 0 saturated heterocycles. The molecule has 0 fully saturated rings. The van der Waals surface area contributed by atoms with Crippen molar-refractivity contribution in [3.63, 3.8) is 0 Å². The van der Waals surface area contributed by atoms with Gasteiger partial charge in [0.05, 0.1) is 5.56 Å². The lowest BCUT2D eigenvalue weighted by Crippen LogP contribution is -2.04. The molecule has 0 aliphatic rings. The number of alkyl halides is 3. The van der Waals surface area contributed by atoms with E-state index in [9.17, 15) is 23.7 Å². The molecule has 0 amide bonds. The Morgan fingerprint density at radius 2 is 1.56 bits per heavy atom. The molecule has 1 aromatic heterocycles. The highest BCUT2D eigenvalue weighted by molar-refractivity contribution is 5.99. The second-order valence-electron chi connectivity index (χ2n) is 5.30. The number of aromatic nitrogens is 1. The van der Waals surface area contributed by atoms with E-state index in [2.05, 4.69) is 4.98 Å². The maximum atomic E-state index is 12.8. The molecule has 0 unspecified atom stereocenters. The fourth-order valence-corrected chi connectivity index (χ4v) is 2.68. The normalized spacial score (nSPS) is 10.9. The zero-order valence-electron chi connectivity index (χ0n) is 12.7. The van der Waals surface area contributed by atoms with Crippen molar-refractivity contribution >= 4 is 16.5 Å². The summed E-state index contributed by atoms with van der Waals surface area (Å²) in [7, 11) is 0. The Morgan fingerprint density at radius 1 is 0.920 bits per heavy atom. The Hall–Kier alpha value is -3.51. The quantitative estimate of drug-likeness (QED) is 0.666. The first-order chi connectivity index (χ1) is 12.0. The van der Waals surface area contributed by atoms with Crippen molar-refractivity contribution in [2.75, 3.05) is 0 Å². The molecule has 3 rings (SSSR count). The molecule has 1 N–H and O–H groups in total. The summed E-state index contributed by atoms with van der Waals surface area (Å²) in [5, 5.41) is 19.4. The fourth-order valence-electron chi connectivity index (χ4n) is 2.68. The van der Waals surface area contributed by atoms with E-state index in [0.29, 0.717) is 16.7 Å². The van der Waals surface area contributed by atoms with Crippen molar-refractivity contribution in [2.45, 2.75) is 6.18 Å². The highest BCUT2D eigenvalue weighted by Crippen LogP contribution is 2.35. The Labute approximate surface area is 141 Å². The van der Waals surface area contributed by atoms with E-state index in [4.69, 9.17) is 0 Å². The van der Waals surface area contributed by atoms with Gasteiger partial charge in [-0.1, -0.05) is 30.3 Å². The first-order valence-electron chi connectivity index (χ1n) is 7.24. The summed E-state index contributed by atoms with van der Waals surface area (Å²) in [6.45, 7) is 0. The molecule has 3 aromatic rings. The van der Waals surface area contributed by atoms with Crippen molar-refractivity contribution in [3.05, 3.63) is 77.0 Å². The van der Waals surface area contributed by atoms with Crippen molar-refractivity contribution in [1.82, 2.24) is 4.98 Å². The second kappa shape index (κ2) is 6.18. The summed E-state index contributed by atoms with van der Waals surface area (Å²) in [6.07, 6.45) is -2.80. The zero-order valence-corrected chi connectivity index (χ0v) is 12.7. The largest absolute Gasteiger partial charge is 0.416 e. The smallest absolute Gasteiger partial charge is 0.361 e. The number of aromatic amines is 1. The Bertz CT molecular complexity index is 1030. The number of nitriles is 2. The minimum Gasteiger partial charge on any atom is -0.361 e. The summed E-state index contributed by atoms with van der Waals surface area (Å²) in [4.78, 5) is 3.04. The van der Waals surface area contributed by atoms with Gasteiger partial charge in [-0.25, -0.2) is 0 Å². The number of H-pyrrole nitrogens is 1. The van der Waals surface area contributed by atoms with Gasteiger partial charge in [0, 0.05) is 28.2 Å². The van der Waals surface area contributed by atoms with Gasteiger partial charge in [-0.05, 0) is 23.8 Å². The van der Waals surface area contributed by atoms with Gasteiger partial charge in [0.1, 0.15) is 17.7 Å². The number of allylic oxidation sites excluding steroid dienone is 1. The molecule has 3 nitrogen and oxygen atoms in total. The second-order valence-corrected chi connectivity index (χ2v) is 5.30. The van der Waals surface area contributed by atoms with E-state index in [0.717, 1.165) is 23.0 Å². The summed E-state index contributed by atoms with van der Waals surface area (Å²) in [5.41, 5.74) is 1.12. The van der Waals surface area contributed by atoms with Gasteiger partial charge in [0.2, 0.25) is 0 Å². The molecule has 0 bridgehead atoms. The van der Waals surface area contributed by atoms with E-state index >= 15 is 0 Å². The van der Waals surface area contributed by atoms with E-state index in [1.165, 1.54) is 12.1 Å². The Kier molecular flexibility index (Phi) is 4.04. The van der Waals surface area contributed by atoms with Crippen molar-refractivity contribution in [3.8, 4) is 12.1 Å². The third-order valence-electron chi connectivity index (χ3n) is 3.83. The number of benzene rings is 2. The van der Waals surface area contributed by atoms with Gasteiger partial charge >= 0.3 is 6.18 Å². The maximum absolute atomic E-state index is 12.8. The topological polar surface area (TPSA) is 63.4 Å². The lowest BCUT2D eigenvalue weighted by Gasteiger charge is -2.10. The average Bonchev–Trinajstić information content (AvgIpc) is 3.02. The van der Waals surface area contributed by atoms with Gasteiger partial charge in [-0.15, -0.1) is 0 Å². The number of nitrogens with zero attached hydrogens (tertiary/aromatic N) is 2. The first kappa shape index (κ1) is 16.4. The highest BCUT2D eigenvalue weighted by Gasteiger charge is 2.30. The van der Waals surface area contributed by atoms with Crippen LogP contribution >= 0.6 is 0 Å². The van der Waals surface area contributed by atoms with Crippen molar-refractivity contribution < 1.29 is 13.2 Å². The van der Waals surface area contributed by atoms with Crippen LogP contribution in [0.5, 0.6) is 0 Å². The van der Waals surface area contributed by atoms with Crippen LogP contribution in [0.2, 0.25) is 0 Å². The number of hydrogen-bond donors (Lipinski definition) is 1. The summed E-state index contributed by atoms with van der Waals surface area (Å²) in [6, 6.07) is 15.4. The number of halogens is 3. The minimum absolute atomic E-state index is 0.162. The molecule has 0 saturated carbocycles. The molecule has 0 aliphatic carbocycles. The SMILES string of the molecule is N#CC(C#N)=C(c1ccc(C(F)(F)F)cc1)c1c[nH]c2ccccc12. The molecule has 6 heteroatoms. The van der Waals surface area contributed by atoms with Gasteiger partial charge < -0.3 is 4.98 Å². The molecule has 25 heavy (non-hydrogen) atoms. The van der Waals surface area contributed by atoms with Crippen LogP contribution in [0.4, 0.5) is 13.2 Å². The number of para-hydroxylation sites is 1. The number of nitrogens with one attached hydrogen (secondary N) is 1. The average molecular weight is 337 g/mol. The van der Waals surface area contributed by atoms with E-state index < -0.39 is 11.7 Å². The van der Waals surface area contributed by atoms with Gasteiger partial charge in [0.15, 0.2) is 0 Å². The maximum Gasteiger partial charge on any atom is 0.416 e. The fraction of sp³-hybridized carbons (Fsp3) is 0.0526. The van der Waals surface area contributed by atoms with Crippen molar-refractivity contribution in [2.24, 2.45) is 0 Å². The summed E-state index contributed by atoms with van der Waals surface area (Å²) in [5.74, 6) is 0. The number of hydrogen-bond acceptors (Lipinski definition) is 2. The minimum atomic E-state index is -4.45. The van der Waals surface area contributed by atoms with E-state index in [-0.39, 0.29) is 5.57 Å². The van der Waals surface area contributed by atoms with Crippen LogP contribution in [0.1, 0.15) is 16.7 Å². The van der Waals surface area contributed by atoms with E-state index in [1.54, 1.807) is 6.20 Å². The molecule has 0 radical (unpaired) electrons. The van der Waals surface area contributed by atoms with Crippen LogP contribution < -0.4 is 0 Å². The van der Waals surface area contributed by atoms with Gasteiger partial charge in [0.25, 0.3) is 0 Å². The van der Waals surface area contributed by atoms with Gasteiger partial charge in [-0.2, -0.15) is 23.7 Å². The zero-order chi connectivity index (χ0) is 18.0. The van der Waals surface area contributed by atoms with Crippen LogP contribution in [0.3, 0.4) is 0 Å². The lowest BCUT2D eigenvalue weighted by atomic mass is 9.93. The van der Waals surface area contributed by atoms with Crippen LogP contribution in [-0.4, -0.2) is 4.98 Å². The Balaban J connectivity index is 2.24. The number of rotatable bonds is 2. The summed E-state index contributed by atoms with van der Waals surface area (Å²) < 4.78 is 38.3. The molecule has 122 valence electrons.